The molecule has 1 aliphatic carbocycles. The molecule has 0 spiro atoms. The third-order valence-corrected chi connectivity index (χ3v) is 6.56. The van der Waals surface area contributed by atoms with Crippen molar-refractivity contribution in [2.45, 2.75) is 32.5 Å². The van der Waals surface area contributed by atoms with Crippen LogP contribution < -0.4 is 0 Å². The van der Waals surface area contributed by atoms with Crippen molar-refractivity contribution in [2.24, 2.45) is 0 Å². The summed E-state index contributed by atoms with van der Waals surface area (Å²) < 4.78 is 0. The lowest BCUT2D eigenvalue weighted by Gasteiger charge is -2.24. The van der Waals surface area contributed by atoms with Gasteiger partial charge in [-0.2, -0.15) is 0 Å². The summed E-state index contributed by atoms with van der Waals surface area (Å²) in [5.41, 5.74) is 4.32. The Hall–Kier alpha value is -2.19. The molecule has 0 unspecified atom stereocenters. The zero-order chi connectivity index (χ0) is 17.2. The first kappa shape index (κ1) is 16.7. The number of carbonyl (C=O) groups is 1. The Morgan fingerprint density at radius 3 is 2.04 bits per heavy atom. The summed E-state index contributed by atoms with van der Waals surface area (Å²) in [5.74, 6) is 0.250. The van der Waals surface area contributed by atoms with Crippen LogP contribution in [0.3, 0.4) is 0 Å². The number of hydrogen-bond donors (Lipinski definition) is 0. The van der Waals surface area contributed by atoms with Crippen LogP contribution in [0.2, 0.25) is 19.6 Å². The average molecular weight is 333 g/mol. The highest BCUT2D eigenvalue weighted by molar-refractivity contribution is 6.94. The number of benzene rings is 2. The van der Waals surface area contributed by atoms with Crippen molar-refractivity contribution in [3.63, 3.8) is 0 Å². The van der Waals surface area contributed by atoms with E-state index in [0.29, 0.717) is 0 Å². The summed E-state index contributed by atoms with van der Waals surface area (Å²) in [4.78, 5) is 13.1. The SMILES string of the molecule is C[Si](C)(C)/C(=C1\CC/C(=C/c2ccccc2)C1=O)c1ccccc1. The monoisotopic (exact) mass is 332 g/mol. The molecule has 1 aliphatic rings. The number of Topliss-reactive ketones (excluding diaryl/α,β-unsaturated/α-hetero) is 1. The van der Waals surface area contributed by atoms with Gasteiger partial charge >= 0.3 is 0 Å². The number of allylic oxidation sites excluding steroid dienone is 2. The minimum Gasteiger partial charge on any atom is -0.289 e. The van der Waals surface area contributed by atoms with E-state index < -0.39 is 8.07 Å². The van der Waals surface area contributed by atoms with E-state index in [4.69, 9.17) is 0 Å². The van der Waals surface area contributed by atoms with Crippen LogP contribution >= 0.6 is 0 Å². The second-order valence-corrected chi connectivity index (χ2v) is 12.4. The van der Waals surface area contributed by atoms with Gasteiger partial charge in [-0.1, -0.05) is 80.3 Å². The van der Waals surface area contributed by atoms with Crippen LogP contribution in [0.15, 0.2) is 71.8 Å². The van der Waals surface area contributed by atoms with Gasteiger partial charge in [0.1, 0.15) is 0 Å². The number of hydrogen-bond acceptors (Lipinski definition) is 1. The highest BCUT2D eigenvalue weighted by atomic mass is 28.3. The molecule has 0 aromatic heterocycles. The molecule has 1 nitrogen and oxygen atoms in total. The van der Waals surface area contributed by atoms with Crippen molar-refractivity contribution in [2.75, 3.05) is 0 Å². The predicted molar refractivity (Wildman–Crippen MR) is 105 cm³/mol. The molecule has 2 aromatic carbocycles. The van der Waals surface area contributed by atoms with Gasteiger partial charge in [-0.05, 0) is 40.8 Å². The molecule has 1 fully saturated rings. The summed E-state index contributed by atoms with van der Waals surface area (Å²) in [6, 6.07) is 20.6. The van der Waals surface area contributed by atoms with Gasteiger partial charge in [0.2, 0.25) is 0 Å². The zero-order valence-electron chi connectivity index (χ0n) is 14.7. The second-order valence-electron chi connectivity index (χ2n) is 7.38. The van der Waals surface area contributed by atoms with Crippen molar-refractivity contribution in [1.82, 2.24) is 0 Å². The Bertz CT molecular complexity index is 793. The summed E-state index contributed by atoms with van der Waals surface area (Å²) in [6.45, 7) is 6.98. The second kappa shape index (κ2) is 6.74. The quantitative estimate of drug-likeness (QED) is 0.515. The zero-order valence-corrected chi connectivity index (χ0v) is 15.7. The van der Waals surface area contributed by atoms with E-state index in [9.17, 15) is 4.79 Å². The molecule has 24 heavy (non-hydrogen) atoms. The van der Waals surface area contributed by atoms with Crippen LogP contribution in [0.4, 0.5) is 0 Å². The summed E-state index contributed by atoms with van der Waals surface area (Å²) >= 11 is 0. The van der Waals surface area contributed by atoms with Crippen molar-refractivity contribution in [3.8, 4) is 0 Å². The Balaban J connectivity index is 2.05. The normalized spacial score (nSPS) is 19.0. The smallest absolute Gasteiger partial charge is 0.184 e. The fourth-order valence-electron chi connectivity index (χ4n) is 3.47. The van der Waals surface area contributed by atoms with Gasteiger partial charge in [-0.25, -0.2) is 0 Å². The average Bonchev–Trinajstić information content (AvgIpc) is 2.90. The van der Waals surface area contributed by atoms with E-state index in [1.165, 1.54) is 10.8 Å². The molecule has 0 N–H and O–H groups in total. The molecule has 0 bridgehead atoms. The molecule has 0 amide bonds. The van der Waals surface area contributed by atoms with E-state index >= 15 is 0 Å². The van der Waals surface area contributed by atoms with Crippen molar-refractivity contribution in [3.05, 3.63) is 82.9 Å². The first-order valence-corrected chi connectivity index (χ1v) is 12.1. The van der Waals surface area contributed by atoms with E-state index in [0.717, 1.165) is 29.6 Å². The Morgan fingerprint density at radius 2 is 1.46 bits per heavy atom. The molecule has 2 aromatic rings. The Kier molecular flexibility index (Phi) is 4.68. The number of carbonyl (C=O) groups excluding carboxylic acids is 1. The molecule has 1 saturated carbocycles. The molecule has 0 aliphatic heterocycles. The van der Waals surface area contributed by atoms with Crippen LogP contribution in [0.1, 0.15) is 24.0 Å². The predicted octanol–water partition coefficient (Wildman–Crippen LogP) is 5.76. The van der Waals surface area contributed by atoms with Gasteiger partial charge in [-0.3, -0.25) is 4.79 Å². The van der Waals surface area contributed by atoms with Crippen molar-refractivity contribution < 1.29 is 4.79 Å². The molecule has 0 heterocycles. The lowest BCUT2D eigenvalue weighted by molar-refractivity contribution is -0.111. The third-order valence-electron chi connectivity index (χ3n) is 4.46. The van der Waals surface area contributed by atoms with Gasteiger partial charge in [0.05, 0.1) is 8.07 Å². The van der Waals surface area contributed by atoms with E-state index in [2.05, 4.69) is 62.1 Å². The van der Waals surface area contributed by atoms with E-state index in [1.54, 1.807) is 0 Å². The maximum absolute atomic E-state index is 13.1. The maximum Gasteiger partial charge on any atom is 0.184 e. The number of ketones is 1. The Morgan fingerprint density at radius 1 is 0.875 bits per heavy atom. The fourth-order valence-corrected chi connectivity index (χ4v) is 5.65. The van der Waals surface area contributed by atoms with Crippen molar-refractivity contribution >= 4 is 25.1 Å². The molecular weight excluding hydrogens is 308 g/mol. The lowest BCUT2D eigenvalue weighted by atomic mass is 10.1. The maximum atomic E-state index is 13.1. The minimum atomic E-state index is -1.62. The van der Waals surface area contributed by atoms with Gasteiger partial charge < -0.3 is 0 Å². The van der Waals surface area contributed by atoms with Crippen LogP contribution in [0.5, 0.6) is 0 Å². The summed E-state index contributed by atoms with van der Waals surface area (Å²) in [5, 5.41) is 1.32. The van der Waals surface area contributed by atoms with Crippen molar-refractivity contribution in [1.29, 1.82) is 0 Å². The fraction of sp³-hybridized carbons (Fsp3) is 0.227. The first-order valence-electron chi connectivity index (χ1n) is 8.56. The highest BCUT2D eigenvalue weighted by Crippen LogP contribution is 2.38. The van der Waals surface area contributed by atoms with Gasteiger partial charge in [-0.15, -0.1) is 0 Å². The highest BCUT2D eigenvalue weighted by Gasteiger charge is 2.32. The van der Waals surface area contributed by atoms with Gasteiger partial charge in [0, 0.05) is 5.57 Å². The van der Waals surface area contributed by atoms with Crippen LogP contribution in [0.25, 0.3) is 11.3 Å². The largest absolute Gasteiger partial charge is 0.289 e. The van der Waals surface area contributed by atoms with E-state index in [-0.39, 0.29) is 5.78 Å². The van der Waals surface area contributed by atoms with Crippen LogP contribution in [-0.2, 0) is 4.79 Å². The lowest BCUT2D eigenvalue weighted by Crippen LogP contribution is -2.25. The molecular formula is C22H24OSi. The standard InChI is InChI=1S/C22H24OSi/c1-24(2,3)22(18-12-8-5-9-13-18)20-15-14-19(21(20)23)16-17-10-6-4-7-11-17/h4-13,16H,14-15H2,1-3H3/b19-16-,22-20+. The molecule has 0 atom stereocenters. The summed E-state index contributed by atoms with van der Waals surface area (Å²) in [7, 11) is -1.62. The third kappa shape index (κ3) is 3.49. The van der Waals surface area contributed by atoms with Crippen LogP contribution in [0, 0.1) is 0 Å². The molecule has 2 heteroatoms. The van der Waals surface area contributed by atoms with Crippen LogP contribution in [-0.4, -0.2) is 13.9 Å². The molecule has 3 rings (SSSR count). The van der Waals surface area contributed by atoms with E-state index in [1.807, 2.05) is 24.3 Å². The van der Waals surface area contributed by atoms with Gasteiger partial charge in [0.15, 0.2) is 5.78 Å². The summed E-state index contributed by atoms with van der Waals surface area (Å²) in [6.07, 6.45) is 3.78. The number of rotatable bonds is 3. The van der Waals surface area contributed by atoms with Gasteiger partial charge in [0.25, 0.3) is 0 Å². The molecule has 0 radical (unpaired) electrons. The minimum absolute atomic E-state index is 0.250. The first-order chi connectivity index (χ1) is 11.5. The Labute approximate surface area is 145 Å². The topological polar surface area (TPSA) is 17.1 Å². The molecule has 0 saturated heterocycles. The molecule has 122 valence electrons.